The van der Waals surface area contributed by atoms with Crippen molar-refractivity contribution in [3.05, 3.63) is 18.0 Å². The summed E-state index contributed by atoms with van der Waals surface area (Å²) < 4.78 is 1.94. The molecule has 2 aliphatic heterocycles. The topological polar surface area (TPSA) is 78.7 Å². The molecule has 144 valence electrons. The fraction of sp³-hybridized carbons (Fsp3) is 0.684. The maximum Gasteiger partial charge on any atom is 0.220 e. The van der Waals surface area contributed by atoms with Crippen molar-refractivity contribution in [3.8, 4) is 0 Å². The Morgan fingerprint density at radius 3 is 2.78 bits per heavy atom. The van der Waals surface area contributed by atoms with Crippen LogP contribution in [0.25, 0.3) is 5.65 Å². The van der Waals surface area contributed by atoms with Gasteiger partial charge in [-0.05, 0) is 44.9 Å². The third-order valence-corrected chi connectivity index (χ3v) is 6.38. The number of rotatable bonds is 5. The first kappa shape index (κ1) is 16.9. The number of aromatic nitrogens is 4. The number of nitrogens with zero attached hydrogens (tertiary/aromatic N) is 6. The normalized spacial score (nSPS) is 24.1. The van der Waals surface area contributed by atoms with Gasteiger partial charge in [0.25, 0.3) is 0 Å². The van der Waals surface area contributed by atoms with Gasteiger partial charge >= 0.3 is 0 Å². The predicted molar refractivity (Wildman–Crippen MR) is 102 cm³/mol. The van der Waals surface area contributed by atoms with Crippen LogP contribution in [0.2, 0.25) is 0 Å². The van der Waals surface area contributed by atoms with E-state index in [1.807, 2.05) is 16.6 Å². The number of hydrogen-bond acceptors (Lipinski definition) is 6. The minimum Gasteiger partial charge on any atom is -0.352 e. The number of nitrogens with one attached hydrogen (secondary N) is 1. The summed E-state index contributed by atoms with van der Waals surface area (Å²) in [5, 5.41) is 16.6. The number of likely N-dealkylation sites (N-methyl/N-ethyl adjacent to an activating group) is 1. The highest BCUT2D eigenvalue weighted by Crippen LogP contribution is 2.35. The van der Waals surface area contributed by atoms with Crippen molar-refractivity contribution in [1.29, 1.82) is 0 Å². The zero-order valence-corrected chi connectivity index (χ0v) is 15.8. The smallest absolute Gasteiger partial charge is 0.220 e. The molecule has 0 aromatic carbocycles. The van der Waals surface area contributed by atoms with Crippen molar-refractivity contribution < 1.29 is 4.79 Å². The van der Waals surface area contributed by atoms with Crippen molar-refractivity contribution in [1.82, 2.24) is 30.0 Å². The number of anilines is 1. The Kier molecular flexibility index (Phi) is 4.22. The van der Waals surface area contributed by atoms with Crippen molar-refractivity contribution >= 4 is 17.4 Å². The Hall–Kier alpha value is -2.22. The quantitative estimate of drug-likeness (QED) is 0.853. The van der Waals surface area contributed by atoms with E-state index >= 15 is 0 Å². The van der Waals surface area contributed by atoms with Crippen LogP contribution in [0, 0.1) is 0 Å². The lowest BCUT2D eigenvalue weighted by Gasteiger charge is -2.45. The molecule has 4 heterocycles. The van der Waals surface area contributed by atoms with Crippen LogP contribution in [0.3, 0.4) is 0 Å². The molecule has 8 nitrogen and oxygen atoms in total. The van der Waals surface area contributed by atoms with Crippen molar-refractivity contribution in [2.45, 2.75) is 56.5 Å². The second-order valence-corrected chi connectivity index (χ2v) is 8.30. The molecule has 3 aliphatic rings. The monoisotopic (exact) mass is 369 g/mol. The van der Waals surface area contributed by atoms with Crippen molar-refractivity contribution in [2.24, 2.45) is 0 Å². The van der Waals surface area contributed by atoms with E-state index in [2.05, 4.69) is 32.4 Å². The Morgan fingerprint density at radius 1 is 1.19 bits per heavy atom. The van der Waals surface area contributed by atoms with Crippen LogP contribution in [0.5, 0.6) is 0 Å². The molecule has 27 heavy (non-hydrogen) atoms. The lowest BCUT2D eigenvalue weighted by atomic mass is 9.85. The van der Waals surface area contributed by atoms with Gasteiger partial charge in [0.2, 0.25) is 5.91 Å². The molecule has 5 rings (SSSR count). The maximum absolute atomic E-state index is 11.6. The van der Waals surface area contributed by atoms with Gasteiger partial charge in [-0.2, -0.15) is 4.52 Å². The van der Waals surface area contributed by atoms with E-state index in [1.165, 1.54) is 19.3 Å². The second-order valence-electron chi connectivity index (χ2n) is 8.30. The summed E-state index contributed by atoms with van der Waals surface area (Å²) in [5.74, 6) is 2.73. The van der Waals surface area contributed by atoms with E-state index < -0.39 is 0 Å². The number of fused-ring (bicyclic) bond motifs is 1. The van der Waals surface area contributed by atoms with E-state index in [4.69, 9.17) is 5.10 Å². The van der Waals surface area contributed by atoms with Crippen LogP contribution in [0.4, 0.5) is 5.82 Å². The zero-order valence-electron chi connectivity index (χ0n) is 15.8. The fourth-order valence-corrected chi connectivity index (χ4v) is 4.32. The minimum atomic E-state index is 0.198. The Morgan fingerprint density at radius 2 is 2.04 bits per heavy atom. The Balaban J connectivity index is 1.22. The van der Waals surface area contributed by atoms with Crippen molar-refractivity contribution in [2.75, 3.05) is 31.6 Å². The van der Waals surface area contributed by atoms with Gasteiger partial charge in [0.15, 0.2) is 11.5 Å². The summed E-state index contributed by atoms with van der Waals surface area (Å²) in [4.78, 5) is 16.3. The summed E-state index contributed by atoms with van der Waals surface area (Å²) in [6.07, 6.45) is 6.44. The Labute approximate surface area is 158 Å². The maximum atomic E-state index is 11.6. The number of piperidine rings is 1. The van der Waals surface area contributed by atoms with Gasteiger partial charge in [0.1, 0.15) is 5.82 Å². The third-order valence-electron chi connectivity index (χ3n) is 6.38. The van der Waals surface area contributed by atoms with Gasteiger partial charge in [-0.15, -0.1) is 15.3 Å². The molecule has 8 heteroatoms. The summed E-state index contributed by atoms with van der Waals surface area (Å²) >= 11 is 0. The zero-order chi connectivity index (χ0) is 18.4. The van der Waals surface area contributed by atoms with Crippen LogP contribution in [-0.2, 0) is 4.79 Å². The van der Waals surface area contributed by atoms with E-state index in [0.717, 1.165) is 49.8 Å². The largest absolute Gasteiger partial charge is 0.352 e. The molecule has 0 spiro atoms. The average Bonchev–Trinajstić information content (AvgIpc) is 2.95. The highest BCUT2D eigenvalue weighted by Gasteiger charge is 2.33. The standard InChI is InChI=1S/C19H27N7O/c1-24(10-14-6-3-7-18(27)20-14)15-11-25(12-15)17-9-8-16-21-22-19(26(16)23-17)13-4-2-5-13/h8-9,13-15H,2-7,10-12H2,1H3,(H,20,27). The number of carbonyl (C=O) groups is 1. The summed E-state index contributed by atoms with van der Waals surface area (Å²) in [5.41, 5.74) is 0.836. The number of amides is 1. The summed E-state index contributed by atoms with van der Waals surface area (Å²) in [7, 11) is 2.16. The Bertz CT molecular complexity index is 840. The molecule has 1 N–H and O–H groups in total. The first-order valence-electron chi connectivity index (χ1n) is 10.1. The summed E-state index contributed by atoms with van der Waals surface area (Å²) in [6.45, 7) is 2.86. The molecule has 1 saturated carbocycles. The lowest BCUT2D eigenvalue weighted by molar-refractivity contribution is -0.123. The van der Waals surface area contributed by atoms with Gasteiger partial charge < -0.3 is 10.2 Å². The molecular formula is C19H27N7O. The average molecular weight is 369 g/mol. The van der Waals surface area contributed by atoms with Gasteiger partial charge in [-0.1, -0.05) is 6.42 Å². The SMILES string of the molecule is CN(CC1CCCC(=O)N1)C1CN(c2ccc3nnc(C4CCC4)n3n2)C1. The van der Waals surface area contributed by atoms with Gasteiger partial charge in [0, 0.05) is 44.1 Å². The van der Waals surface area contributed by atoms with E-state index in [0.29, 0.717) is 24.4 Å². The minimum absolute atomic E-state index is 0.198. The molecule has 1 unspecified atom stereocenters. The number of carbonyl (C=O) groups excluding carboxylic acids is 1. The van der Waals surface area contributed by atoms with Gasteiger partial charge in [-0.25, -0.2) is 0 Å². The molecule has 3 fully saturated rings. The van der Waals surface area contributed by atoms with Crippen LogP contribution in [-0.4, -0.2) is 69.4 Å². The van der Waals surface area contributed by atoms with E-state index in [9.17, 15) is 4.79 Å². The highest BCUT2D eigenvalue weighted by molar-refractivity contribution is 5.76. The molecular weight excluding hydrogens is 342 g/mol. The molecule has 0 radical (unpaired) electrons. The van der Waals surface area contributed by atoms with Crippen LogP contribution in [0.15, 0.2) is 12.1 Å². The second kappa shape index (κ2) is 6.74. The van der Waals surface area contributed by atoms with E-state index in [-0.39, 0.29) is 5.91 Å². The molecule has 0 bridgehead atoms. The predicted octanol–water partition coefficient (Wildman–Crippen LogP) is 1.18. The van der Waals surface area contributed by atoms with E-state index in [1.54, 1.807) is 0 Å². The third kappa shape index (κ3) is 3.16. The molecule has 2 saturated heterocycles. The molecule has 2 aromatic heterocycles. The lowest BCUT2D eigenvalue weighted by Crippen LogP contribution is -2.61. The fourth-order valence-electron chi connectivity index (χ4n) is 4.32. The van der Waals surface area contributed by atoms with Crippen molar-refractivity contribution in [3.63, 3.8) is 0 Å². The van der Waals surface area contributed by atoms with Gasteiger partial charge in [-0.3, -0.25) is 9.69 Å². The molecule has 2 aromatic rings. The molecule has 1 amide bonds. The highest BCUT2D eigenvalue weighted by atomic mass is 16.1. The van der Waals surface area contributed by atoms with Crippen LogP contribution in [0.1, 0.15) is 50.3 Å². The van der Waals surface area contributed by atoms with Gasteiger partial charge in [0.05, 0.1) is 0 Å². The van der Waals surface area contributed by atoms with Crippen LogP contribution < -0.4 is 10.2 Å². The number of hydrogen-bond donors (Lipinski definition) is 1. The van der Waals surface area contributed by atoms with Crippen LogP contribution >= 0.6 is 0 Å². The first-order chi connectivity index (χ1) is 13.2. The first-order valence-corrected chi connectivity index (χ1v) is 10.1. The molecule has 1 atom stereocenters. The summed E-state index contributed by atoms with van der Waals surface area (Å²) in [6, 6.07) is 4.87. The molecule has 1 aliphatic carbocycles.